The van der Waals surface area contributed by atoms with Crippen LogP contribution in [0.25, 0.3) is 5.69 Å². The van der Waals surface area contributed by atoms with Crippen molar-refractivity contribution in [2.75, 3.05) is 12.4 Å². The standard InChI is InChI=1S/C26H25N3O3S/c1-3-31-24-16-19(2)14-15-23(24)32-17-25-27-28-26(29(25)21-12-8-5-9-13-21)33-18-22(30)20-10-6-4-7-11-20/h4-16H,3,17-18H2,1-2H3. The topological polar surface area (TPSA) is 66.2 Å². The Morgan fingerprint density at radius 1 is 0.909 bits per heavy atom. The first-order valence-corrected chi connectivity index (χ1v) is 11.7. The van der Waals surface area contributed by atoms with Crippen molar-refractivity contribution in [2.45, 2.75) is 25.6 Å². The van der Waals surface area contributed by atoms with Crippen molar-refractivity contribution in [1.29, 1.82) is 0 Å². The number of nitrogens with zero attached hydrogens (tertiary/aromatic N) is 3. The zero-order valence-electron chi connectivity index (χ0n) is 18.6. The van der Waals surface area contributed by atoms with Crippen molar-refractivity contribution in [3.8, 4) is 17.2 Å². The molecule has 0 bridgehead atoms. The van der Waals surface area contributed by atoms with Crippen LogP contribution in [0.15, 0.2) is 84.0 Å². The number of ketones is 1. The number of rotatable bonds is 10. The van der Waals surface area contributed by atoms with Crippen molar-refractivity contribution in [3.63, 3.8) is 0 Å². The van der Waals surface area contributed by atoms with Crippen LogP contribution in [0.2, 0.25) is 0 Å². The van der Waals surface area contributed by atoms with Crippen LogP contribution in [0.5, 0.6) is 11.5 Å². The summed E-state index contributed by atoms with van der Waals surface area (Å²) in [5.74, 6) is 2.30. The third-order valence-corrected chi connectivity index (χ3v) is 5.83. The lowest BCUT2D eigenvalue weighted by Gasteiger charge is -2.14. The third kappa shape index (κ3) is 5.62. The number of hydrogen-bond donors (Lipinski definition) is 0. The molecule has 0 amide bonds. The molecule has 33 heavy (non-hydrogen) atoms. The maximum Gasteiger partial charge on any atom is 0.196 e. The number of carbonyl (C=O) groups is 1. The lowest BCUT2D eigenvalue weighted by molar-refractivity contribution is 0.102. The van der Waals surface area contributed by atoms with Crippen molar-refractivity contribution < 1.29 is 14.3 Å². The predicted octanol–water partition coefficient (Wildman–Crippen LogP) is 5.53. The second-order valence-corrected chi connectivity index (χ2v) is 8.26. The van der Waals surface area contributed by atoms with Crippen molar-refractivity contribution in [2.24, 2.45) is 0 Å². The Morgan fingerprint density at radius 2 is 1.64 bits per heavy atom. The Morgan fingerprint density at radius 3 is 2.36 bits per heavy atom. The molecule has 0 fully saturated rings. The van der Waals surface area contributed by atoms with E-state index in [0.717, 1.165) is 11.3 Å². The highest BCUT2D eigenvalue weighted by atomic mass is 32.2. The summed E-state index contributed by atoms with van der Waals surface area (Å²) in [6, 6.07) is 24.9. The first kappa shape index (κ1) is 22.6. The van der Waals surface area contributed by atoms with Gasteiger partial charge in [-0.3, -0.25) is 9.36 Å². The molecule has 168 valence electrons. The largest absolute Gasteiger partial charge is 0.490 e. The molecule has 0 aliphatic carbocycles. The van der Waals surface area contributed by atoms with E-state index in [0.29, 0.717) is 34.7 Å². The molecule has 4 rings (SSSR count). The van der Waals surface area contributed by atoms with Gasteiger partial charge in [-0.1, -0.05) is 66.4 Å². The lowest BCUT2D eigenvalue weighted by atomic mass is 10.2. The maximum atomic E-state index is 12.6. The highest BCUT2D eigenvalue weighted by Gasteiger charge is 2.17. The van der Waals surface area contributed by atoms with Gasteiger partial charge in [-0.05, 0) is 43.7 Å². The molecule has 1 heterocycles. The molecule has 0 atom stereocenters. The Balaban J connectivity index is 1.56. The smallest absolute Gasteiger partial charge is 0.196 e. The highest BCUT2D eigenvalue weighted by Crippen LogP contribution is 2.30. The van der Waals surface area contributed by atoms with E-state index in [9.17, 15) is 4.79 Å². The van der Waals surface area contributed by atoms with Gasteiger partial charge in [0, 0.05) is 11.3 Å². The molecule has 1 aromatic heterocycles. The van der Waals surface area contributed by atoms with Crippen LogP contribution in [0, 0.1) is 6.92 Å². The highest BCUT2D eigenvalue weighted by molar-refractivity contribution is 7.99. The zero-order chi connectivity index (χ0) is 23.0. The van der Waals surface area contributed by atoms with Gasteiger partial charge in [0.15, 0.2) is 28.3 Å². The van der Waals surface area contributed by atoms with Crippen LogP contribution in [0.4, 0.5) is 0 Å². The zero-order valence-corrected chi connectivity index (χ0v) is 19.4. The number of carbonyl (C=O) groups excluding carboxylic acids is 1. The van der Waals surface area contributed by atoms with Crippen LogP contribution >= 0.6 is 11.8 Å². The molecule has 0 saturated heterocycles. The van der Waals surface area contributed by atoms with Crippen LogP contribution < -0.4 is 9.47 Å². The normalized spacial score (nSPS) is 10.7. The summed E-state index contributed by atoms with van der Waals surface area (Å²) in [5.41, 5.74) is 2.69. The number of para-hydroxylation sites is 1. The summed E-state index contributed by atoms with van der Waals surface area (Å²) in [7, 11) is 0. The number of ether oxygens (including phenoxy) is 2. The molecule has 0 aliphatic rings. The average Bonchev–Trinajstić information content (AvgIpc) is 3.26. The average molecular weight is 460 g/mol. The Bertz CT molecular complexity index is 1210. The van der Waals surface area contributed by atoms with Crippen molar-refractivity contribution in [1.82, 2.24) is 14.8 Å². The van der Waals surface area contributed by atoms with Gasteiger partial charge in [0.05, 0.1) is 12.4 Å². The van der Waals surface area contributed by atoms with Crippen molar-refractivity contribution in [3.05, 3.63) is 95.8 Å². The molecule has 6 nitrogen and oxygen atoms in total. The third-order valence-electron chi connectivity index (χ3n) is 4.90. The molecule has 0 aliphatic heterocycles. The van der Waals surface area contributed by atoms with E-state index in [1.54, 1.807) is 0 Å². The van der Waals surface area contributed by atoms with Gasteiger partial charge in [-0.25, -0.2) is 0 Å². The second kappa shape index (κ2) is 10.8. The first-order valence-electron chi connectivity index (χ1n) is 10.7. The Kier molecular flexibility index (Phi) is 7.42. The molecular formula is C26H25N3O3S. The van der Waals surface area contributed by atoms with E-state index < -0.39 is 0 Å². The fraction of sp³-hybridized carbons (Fsp3) is 0.192. The fourth-order valence-electron chi connectivity index (χ4n) is 3.31. The van der Waals surface area contributed by atoms with Crippen LogP contribution in [0.1, 0.15) is 28.7 Å². The number of aromatic nitrogens is 3. The van der Waals surface area contributed by atoms with E-state index in [2.05, 4.69) is 10.2 Å². The van der Waals surface area contributed by atoms with E-state index in [1.807, 2.05) is 97.3 Å². The number of thioether (sulfide) groups is 1. The summed E-state index contributed by atoms with van der Waals surface area (Å²) in [6.07, 6.45) is 0. The number of Topliss-reactive ketones (excluding diaryl/α,β-unsaturated/α-hetero) is 1. The van der Waals surface area contributed by atoms with Crippen LogP contribution in [0.3, 0.4) is 0 Å². The van der Waals surface area contributed by atoms with Gasteiger partial charge < -0.3 is 9.47 Å². The molecule has 0 unspecified atom stereocenters. The summed E-state index contributed by atoms with van der Waals surface area (Å²) >= 11 is 1.36. The molecule has 0 N–H and O–H groups in total. The van der Waals surface area contributed by atoms with Gasteiger partial charge in [0.25, 0.3) is 0 Å². The minimum Gasteiger partial charge on any atom is -0.490 e. The molecule has 7 heteroatoms. The van der Waals surface area contributed by atoms with Gasteiger partial charge in [0.2, 0.25) is 0 Å². The lowest BCUT2D eigenvalue weighted by Crippen LogP contribution is -2.08. The molecule has 3 aromatic carbocycles. The summed E-state index contributed by atoms with van der Waals surface area (Å²) in [5, 5.41) is 9.36. The Hall–Kier alpha value is -3.58. The summed E-state index contributed by atoms with van der Waals surface area (Å²) < 4.78 is 13.7. The minimum atomic E-state index is 0.0435. The fourth-order valence-corrected chi connectivity index (χ4v) is 4.17. The van der Waals surface area contributed by atoms with Gasteiger partial charge in [-0.2, -0.15) is 0 Å². The van der Waals surface area contributed by atoms with Gasteiger partial charge >= 0.3 is 0 Å². The second-order valence-electron chi connectivity index (χ2n) is 7.32. The summed E-state index contributed by atoms with van der Waals surface area (Å²) in [6.45, 7) is 4.71. The molecular weight excluding hydrogens is 434 g/mol. The van der Waals surface area contributed by atoms with E-state index in [4.69, 9.17) is 9.47 Å². The molecule has 0 saturated carbocycles. The number of benzene rings is 3. The summed E-state index contributed by atoms with van der Waals surface area (Å²) in [4.78, 5) is 12.6. The molecule has 4 aromatic rings. The van der Waals surface area contributed by atoms with E-state index in [-0.39, 0.29) is 18.1 Å². The van der Waals surface area contributed by atoms with Gasteiger partial charge in [0.1, 0.15) is 6.61 Å². The number of aryl methyl sites for hydroxylation is 1. The van der Waals surface area contributed by atoms with Crippen LogP contribution in [-0.4, -0.2) is 32.9 Å². The molecule has 0 radical (unpaired) electrons. The monoisotopic (exact) mass is 459 g/mol. The molecule has 0 spiro atoms. The maximum absolute atomic E-state index is 12.6. The van der Waals surface area contributed by atoms with Crippen LogP contribution in [-0.2, 0) is 6.61 Å². The quantitative estimate of drug-likeness (QED) is 0.230. The minimum absolute atomic E-state index is 0.0435. The number of hydrogen-bond acceptors (Lipinski definition) is 6. The predicted molar refractivity (Wildman–Crippen MR) is 130 cm³/mol. The Labute approximate surface area is 197 Å². The van der Waals surface area contributed by atoms with Gasteiger partial charge in [-0.15, -0.1) is 10.2 Å². The SMILES string of the molecule is CCOc1cc(C)ccc1OCc1nnc(SCC(=O)c2ccccc2)n1-c1ccccc1. The van der Waals surface area contributed by atoms with E-state index in [1.165, 1.54) is 11.8 Å². The van der Waals surface area contributed by atoms with E-state index >= 15 is 0 Å². The first-order chi connectivity index (χ1) is 16.2. The van der Waals surface area contributed by atoms with Crippen molar-refractivity contribution >= 4 is 17.5 Å².